The van der Waals surface area contributed by atoms with Gasteiger partial charge in [-0.1, -0.05) is 11.2 Å². The zero-order chi connectivity index (χ0) is 13.4. The molecule has 1 fully saturated rings. The van der Waals surface area contributed by atoms with Gasteiger partial charge in [0.2, 0.25) is 0 Å². The zero-order valence-electron chi connectivity index (χ0n) is 11.0. The van der Waals surface area contributed by atoms with Crippen LogP contribution in [-0.2, 0) is 0 Å². The monoisotopic (exact) mass is 276 g/mol. The molecule has 0 radical (unpaired) electrons. The number of aryl methyl sites for hydroxylation is 2. The number of likely N-dealkylation sites (tertiary alicyclic amines) is 1. The van der Waals surface area contributed by atoms with Crippen molar-refractivity contribution in [3.8, 4) is 0 Å². The van der Waals surface area contributed by atoms with Crippen LogP contribution in [0, 0.1) is 13.8 Å². The van der Waals surface area contributed by atoms with Crippen molar-refractivity contribution < 1.29 is 9.32 Å². The minimum absolute atomic E-state index is 0.0483. The Morgan fingerprint density at radius 3 is 3.00 bits per heavy atom. The van der Waals surface area contributed by atoms with Gasteiger partial charge < -0.3 is 9.42 Å². The molecule has 0 N–H and O–H groups in total. The van der Waals surface area contributed by atoms with E-state index >= 15 is 0 Å². The lowest BCUT2D eigenvalue weighted by atomic mass is 10.1. The van der Waals surface area contributed by atoms with E-state index in [4.69, 9.17) is 4.52 Å². The summed E-state index contributed by atoms with van der Waals surface area (Å²) in [6.45, 7) is 4.43. The predicted molar refractivity (Wildman–Crippen MR) is 73.3 cm³/mol. The molecule has 3 heterocycles. The molecule has 1 unspecified atom stereocenters. The summed E-state index contributed by atoms with van der Waals surface area (Å²) in [5.74, 6) is 0.659. The van der Waals surface area contributed by atoms with Gasteiger partial charge in [0.15, 0.2) is 0 Å². The van der Waals surface area contributed by atoms with E-state index in [9.17, 15) is 4.79 Å². The van der Waals surface area contributed by atoms with E-state index < -0.39 is 0 Å². The summed E-state index contributed by atoms with van der Waals surface area (Å²) in [6.07, 6.45) is 2.09. The second-order valence-corrected chi connectivity index (χ2v) is 5.85. The third-order valence-corrected chi connectivity index (χ3v) is 4.61. The highest BCUT2D eigenvalue weighted by molar-refractivity contribution is 7.10. The molecule has 4 nitrogen and oxygen atoms in total. The summed E-state index contributed by atoms with van der Waals surface area (Å²) in [7, 11) is 0. The molecule has 2 aromatic heterocycles. The number of carbonyl (C=O) groups excluding carboxylic acids is 1. The third-order valence-electron chi connectivity index (χ3n) is 3.63. The number of nitrogens with zero attached hydrogens (tertiary/aromatic N) is 2. The summed E-state index contributed by atoms with van der Waals surface area (Å²) in [4.78, 5) is 15.9. The van der Waals surface area contributed by atoms with Gasteiger partial charge in [0.05, 0.1) is 11.7 Å². The van der Waals surface area contributed by atoms with Crippen molar-refractivity contribution in [1.29, 1.82) is 0 Å². The van der Waals surface area contributed by atoms with Crippen LogP contribution >= 0.6 is 11.3 Å². The van der Waals surface area contributed by atoms with Gasteiger partial charge in [-0.2, -0.15) is 0 Å². The SMILES string of the molecule is Cc1noc(C)c1C(=O)N1CCCC1c1cccs1. The van der Waals surface area contributed by atoms with Crippen LogP contribution in [0.1, 0.15) is 45.6 Å². The number of carbonyl (C=O) groups is 1. The van der Waals surface area contributed by atoms with Crippen LogP contribution in [-0.4, -0.2) is 22.5 Å². The number of rotatable bonds is 2. The van der Waals surface area contributed by atoms with Gasteiger partial charge >= 0.3 is 0 Å². The Hall–Kier alpha value is -1.62. The molecule has 0 bridgehead atoms. The van der Waals surface area contributed by atoms with E-state index in [0.29, 0.717) is 17.0 Å². The first-order valence-corrected chi connectivity index (χ1v) is 7.33. The predicted octanol–water partition coefficient (Wildman–Crippen LogP) is 3.33. The smallest absolute Gasteiger partial charge is 0.259 e. The van der Waals surface area contributed by atoms with Crippen LogP contribution in [0.15, 0.2) is 22.0 Å². The van der Waals surface area contributed by atoms with Crippen molar-refractivity contribution >= 4 is 17.2 Å². The molecule has 0 aliphatic carbocycles. The van der Waals surface area contributed by atoms with Crippen LogP contribution in [0.5, 0.6) is 0 Å². The number of thiophene rings is 1. The number of amides is 1. The van der Waals surface area contributed by atoms with Gasteiger partial charge in [-0.05, 0) is 38.1 Å². The molecular formula is C14H16N2O2S. The Bertz CT molecular complexity index is 569. The molecule has 1 saturated heterocycles. The fourth-order valence-corrected chi connectivity index (χ4v) is 3.59. The Labute approximate surface area is 116 Å². The fourth-order valence-electron chi connectivity index (χ4n) is 2.72. The van der Waals surface area contributed by atoms with E-state index in [-0.39, 0.29) is 11.9 Å². The largest absolute Gasteiger partial charge is 0.361 e. The van der Waals surface area contributed by atoms with Gasteiger partial charge in [0.25, 0.3) is 5.91 Å². The molecule has 0 spiro atoms. The van der Waals surface area contributed by atoms with E-state index in [0.717, 1.165) is 19.4 Å². The first-order valence-electron chi connectivity index (χ1n) is 6.45. The van der Waals surface area contributed by atoms with E-state index in [1.807, 2.05) is 17.9 Å². The van der Waals surface area contributed by atoms with Gasteiger partial charge in [-0.15, -0.1) is 11.3 Å². The standard InChI is InChI=1S/C14H16N2O2S/c1-9-13(10(2)18-15-9)14(17)16-7-3-5-11(16)12-6-4-8-19-12/h4,6,8,11H,3,5,7H2,1-2H3. The zero-order valence-corrected chi connectivity index (χ0v) is 11.9. The molecule has 1 aliphatic heterocycles. The third kappa shape index (κ3) is 2.08. The van der Waals surface area contributed by atoms with E-state index in [1.165, 1.54) is 4.88 Å². The number of hydrogen-bond acceptors (Lipinski definition) is 4. The lowest BCUT2D eigenvalue weighted by Gasteiger charge is -2.23. The molecule has 3 rings (SSSR count). The van der Waals surface area contributed by atoms with Crippen molar-refractivity contribution in [3.63, 3.8) is 0 Å². The van der Waals surface area contributed by atoms with Crippen molar-refractivity contribution in [2.24, 2.45) is 0 Å². The van der Waals surface area contributed by atoms with Crippen LogP contribution < -0.4 is 0 Å². The number of hydrogen-bond donors (Lipinski definition) is 0. The maximum atomic E-state index is 12.7. The van der Waals surface area contributed by atoms with Crippen molar-refractivity contribution in [2.45, 2.75) is 32.7 Å². The normalized spacial score (nSPS) is 19.1. The minimum atomic E-state index is 0.0483. The summed E-state index contributed by atoms with van der Waals surface area (Å²) in [5, 5.41) is 5.94. The Balaban J connectivity index is 1.91. The molecule has 1 amide bonds. The summed E-state index contributed by atoms with van der Waals surface area (Å²) in [5.41, 5.74) is 1.31. The van der Waals surface area contributed by atoms with Crippen molar-refractivity contribution in [1.82, 2.24) is 10.1 Å². The Morgan fingerprint density at radius 2 is 2.37 bits per heavy atom. The Morgan fingerprint density at radius 1 is 1.53 bits per heavy atom. The second kappa shape index (κ2) is 4.81. The molecular weight excluding hydrogens is 260 g/mol. The summed E-state index contributed by atoms with van der Waals surface area (Å²) >= 11 is 1.71. The number of aromatic nitrogens is 1. The Kier molecular flexibility index (Phi) is 3.14. The molecule has 1 aliphatic rings. The molecule has 0 aromatic carbocycles. The maximum absolute atomic E-state index is 12.7. The van der Waals surface area contributed by atoms with Crippen molar-refractivity contribution in [2.75, 3.05) is 6.54 Å². The van der Waals surface area contributed by atoms with Gasteiger partial charge in [0, 0.05) is 11.4 Å². The molecule has 100 valence electrons. The highest BCUT2D eigenvalue weighted by Crippen LogP contribution is 2.36. The van der Waals surface area contributed by atoms with Crippen LogP contribution in [0.2, 0.25) is 0 Å². The quantitative estimate of drug-likeness (QED) is 0.845. The second-order valence-electron chi connectivity index (χ2n) is 4.87. The maximum Gasteiger partial charge on any atom is 0.259 e. The van der Waals surface area contributed by atoms with E-state index in [2.05, 4.69) is 16.6 Å². The lowest BCUT2D eigenvalue weighted by Crippen LogP contribution is -2.30. The van der Waals surface area contributed by atoms with Crippen molar-refractivity contribution in [3.05, 3.63) is 39.4 Å². The minimum Gasteiger partial charge on any atom is -0.361 e. The van der Waals surface area contributed by atoms with Crippen LogP contribution in [0.4, 0.5) is 0 Å². The van der Waals surface area contributed by atoms with Crippen LogP contribution in [0.3, 0.4) is 0 Å². The van der Waals surface area contributed by atoms with Gasteiger partial charge in [-0.3, -0.25) is 4.79 Å². The lowest BCUT2D eigenvalue weighted by molar-refractivity contribution is 0.0735. The topological polar surface area (TPSA) is 46.3 Å². The first kappa shape index (κ1) is 12.4. The van der Waals surface area contributed by atoms with Gasteiger partial charge in [-0.25, -0.2) is 0 Å². The highest BCUT2D eigenvalue weighted by atomic mass is 32.1. The van der Waals surface area contributed by atoms with E-state index in [1.54, 1.807) is 18.3 Å². The van der Waals surface area contributed by atoms with Gasteiger partial charge in [0.1, 0.15) is 11.3 Å². The molecule has 0 saturated carbocycles. The highest BCUT2D eigenvalue weighted by Gasteiger charge is 2.33. The first-order chi connectivity index (χ1) is 9.18. The molecule has 1 atom stereocenters. The molecule has 5 heteroatoms. The average Bonchev–Trinajstić information content (AvgIpc) is 3.08. The average molecular weight is 276 g/mol. The van der Waals surface area contributed by atoms with Crippen LogP contribution in [0.25, 0.3) is 0 Å². The molecule has 19 heavy (non-hydrogen) atoms. The summed E-state index contributed by atoms with van der Waals surface area (Å²) < 4.78 is 5.11. The molecule has 2 aromatic rings. The summed E-state index contributed by atoms with van der Waals surface area (Å²) in [6, 6.07) is 4.35. The fraction of sp³-hybridized carbons (Fsp3) is 0.429.